The number of nitrogens with one attached hydrogen (secondary N) is 1. The highest BCUT2D eigenvalue weighted by molar-refractivity contribution is 6.42. The summed E-state index contributed by atoms with van der Waals surface area (Å²) in [5.74, 6) is 0. The number of carbonyl (C=O) groups is 1. The molecule has 6 heteroatoms. The Balaban J connectivity index is 1.86. The maximum absolute atomic E-state index is 12.2. The Kier molecular flexibility index (Phi) is 6.18. The molecule has 1 aromatic rings. The first kappa shape index (κ1) is 18.4. The van der Waals surface area contributed by atoms with Crippen LogP contribution >= 0.6 is 23.2 Å². The number of rotatable bonds is 3. The predicted molar refractivity (Wildman–Crippen MR) is 94.1 cm³/mol. The lowest BCUT2D eigenvalue weighted by molar-refractivity contribution is 0.0187. The lowest BCUT2D eigenvalue weighted by atomic mass is 10.1. The van der Waals surface area contributed by atoms with Crippen LogP contribution in [0.3, 0.4) is 0 Å². The molecule has 0 aliphatic carbocycles. The summed E-state index contributed by atoms with van der Waals surface area (Å²) in [5, 5.41) is 4.60. The van der Waals surface area contributed by atoms with Crippen LogP contribution in [-0.2, 0) is 11.3 Å². The van der Waals surface area contributed by atoms with Crippen LogP contribution in [0.15, 0.2) is 18.2 Å². The number of ether oxygens (including phenoxy) is 1. The maximum Gasteiger partial charge on any atom is 0.410 e. The van der Waals surface area contributed by atoms with Crippen molar-refractivity contribution in [3.05, 3.63) is 33.8 Å². The van der Waals surface area contributed by atoms with E-state index in [9.17, 15) is 4.79 Å². The van der Waals surface area contributed by atoms with Crippen molar-refractivity contribution in [2.24, 2.45) is 0 Å². The standard InChI is InChI=1S/C17H24Cl2N2O2/c1-17(2,3)23-16(22)21-8-4-5-13(11-21)20-10-12-6-7-14(18)15(19)9-12/h6-7,9,13,20H,4-5,8,10-11H2,1-3H3. The second-order valence-corrected chi connectivity index (χ2v) is 7.71. The molecule has 0 aromatic heterocycles. The first-order valence-electron chi connectivity index (χ1n) is 7.90. The van der Waals surface area contributed by atoms with Gasteiger partial charge in [-0.1, -0.05) is 29.3 Å². The Hall–Kier alpha value is -0.970. The number of carbonyl (C=O) groups excluding carboxylic acids is 1. The van der Waals surface area contributed by atoms with Gasteiger partial charge in [0.25, 0.3) is 0 Å². The smallest absolute Gasteiger partial charge is 0.410 e. The van der Waals surface area contributed by atoms with Crippen molar-refractivity contribution in [2.75, 3.05) is 13.1 Å². The van der Waals surface area contributed by atoms with Crippen molar-refractivity contribution in [3.8, 4) is 0 Å². The van der Waals surface area contributed by atoms with Crippen LogP contribution in [0.1, 0.15) is 39.2 Å². The third kappa shape index (κ3) is 5.87. The molecule has 2 rings (SSSR count). The van der Waals surface area contributed by atoms with E-state index in [1.165, 1.54) is 0 Å². The number of benzene rings is 1. The van der Waals surface area contributed by atoms with Crippen LogP contribution in [0, 0.1) is 0 Å². The Bertz CT molecular complexity index is 558. The molecule has 1 heterocycles. The zero-order valence-electron chi connectivity index (χ0n) is 13.9. The fourth-order valence-corrected chi connectivity index (χ4v) is 2.87. The average molecular weight is 359 g/mol. The summed E-state index contributed by atoms with van der Waals surface area (Å²) in [4.78, 5) is 13.9. The van der Waals surface area contributed by atoms with Crippen molar-refractivity contribution in [3.63, 3.8) is 0 Å². The van der Waals surface area contributed by atoms with E-state index in [1.54, 1.807) is 11.0 Å². The number of likely N-dealkylation sites (tertiary alicyclic amines) is 1. The molecule has 0 radical (unpaired) electrons. The Morgan fingerprint density at radius 3 is 2.74 bits per heavy atom. The second-order valence-electron chi connectivity index (χ2n) is 6.89. The van der Waals surface area contributed by atoms with Crippen molar-refractivity contribution in [1.29, 1.82) is 0 Å². The Labute approximate surface area is 148 Å². The van der Waals surface area contributed by atoms with E-state index in [1.807, 2.05) is 32.9 Å². The van der Waals surface area contributed by atoms with Gasteiger partial charge in [0.2, 0.25) is 0 Å². The van der Waals surface area contributed by atoms with E-state index in [0.29, 0.717) is 23.1 Å². The average Bonchev–Trinajstić information content (AvgIpc) is 2.47. The SMILES string of the molecule is CC(C)(C)OC(=O)N1CCCC(NCc2ccc(Cl)c(Cl)c2)C1. The molecule has 0 bridgehead atoms. The number of piperidine rings is 1. The lowest BCUT2D eigenvalue weighted by Gasteiger charge is -2.34. The molecule has 4 nitrogen and oxygen atoms in total. The largest absolute Gasteiger partial charge is 0.444 e. The number of nitrogens with zero attached hydrogens (tertiary/aromatic N) is 1. The van der Waals surface area contributed by atoms with E-state index >= 15 is 0 Å². The quantitative estimate of drug-likeness (QED) is 0.865. The first-order chi connectivity index (χ1) is 10.7. The summed E-state index contributed by atoms with van der Waals surface area (Å²) in [6, 6.07) is 5.88. The van der Waals surface area contributed by atoms with Crippen LogP contribution in [-0.4, -0.2) is 35.7 Å². The van der Waals surface area contributed by atoms with E-state index in [2.05, 4.69) is 5.32 Å². The number of amides is 1. The third-order valence-electron chi connectivity index (χ3n) is 3.65. The van der Waals surface area contributed by atoms with E-state index < -0.39 is 5.60 Å². The summed E-state index contributed by atoms with van der Waals surface area (Å²) in [6.45, 7) is 7.76. The molecule has 0 saturated carbocycles. The minimum Gasteiger partial charge on any atom is -0.444 e. The van der Waals surface area contributed by atoms with Crippen molar-refractivity contribution in [1.82, 2.24) is 10.2 Å². The van der Waals surface area contributed by atoms with Gasteiger partial charge in [0.05, 0.1) is 10.0 Å². The highest BCUT2D eigenvalue weighted by Crippen LogP contribution is 2.23. The first-order valence-corrected chi connectivity index (χ1v) is 8.65. The molecule has 1 unspecified atom stereocenters. The van der Waals surface area contributed by atoms with Gasteiger partial charge in [-0.15, -0.1) is 0 Å². The minimum atomic E-state index is -0.461. The number of halogens is 2. The van der Waals surface area contributed by atoms with Gasteiger partial charge in [-0.2, -0.15) is 0 Å². The molecule has 1 fully saturated rings. The van der Waals surface area contributed by atoms with Crippen LogP contribution in [0.4, 0.5) is 4.79 Å². The molecule has 1 amide bonds. The molecular formula is C17H24Cl2N2O2. The molecule has 128 valence electrons. The van der Waals surface area contributed by atoms with Crippen molar-refractivity contribution in [2.45, 2.75) is 51.8 Å². The topological polar surface area (TPSA) is 41.6 Å². The third-order valence-corrected chi connectivity index (χ3v) is 4.39. The molecule has 0 spiro atoms. The molecule has 23 heavy (non-hydrogen) atoms. The van der Waals surface area contributed by atoms with Crippen LogP contribution in [0.5, 0.6) is 0 Å². The molecular weight excluding hydrogens is 335 g/mol. The second kappa shape index (κ2) is 7.73. The summed E-state index contributed by atoms with van der Waals surface area (Å²) in [7, 11) is 0. The molecule has 1 aliphatic rings. The fraction of sp³-hybridized carbons (Fsp3) is 0.588. The van der Waals surface area contributed by atoms with Crippen LogP contribution in [0.25, 0.3) is 0 Å². The van der Waals surface area contributed by atoms with Gasteiger partial charge in [-0.25, -0.2) is 4.79 Å². The van der Waals surface area contributed by atoms with E-state index in [-0.39, 0.29) is 12.1 Å². The highest BCUT2D eigenvalue weighted by atomic mass is 35.5. The van der Waals surface area contributed by atoms with Crippen LogP contribution < -0.4 is 5.32 Å². The molecule has 1 N–H and O–H groups in total. The minimum absolute atomic E-state index is 0.237. The Morgan fingerprint density at radius 1 is 1.35 bits per heavy atom. The van der Waals surface area contributed by atoms with E-state index in [4.69, 9.17) is 27.9 Å². The van der Waals surface area contributed by atoms with Gasteiger partial charge in [0.15, 0.2) is 0 Å². The summed E-state index contributed by atoms with van der Waals surface area (Å²) >= 11 is 12.0. The summed E-state index contributed by atoms with van der Waals surface area (Å²) in [5.41, 5.74) is 0.617. The fourth-order valence-electron chi connectivity index (χ4n) is 2.55. The maximum atomic E-state index is 12.2. The monoisotopic (exact) mass is 358 g/mol. The molecule has 1 saturated heterocycles. The molecule has 1 aromatic carbocycles. The number of hydrogen-bond acceptors (Lipinski definition) is 3. The zero-order valence-corrected chi connectivity index (χ0v) is 15.4. The highest BCUT2D eigenvalue weighted by Gasteiger charge is 2.27. The number of hydrogen-bond donors (Lipinski definition) is 1. The van der Waals surface area contributed by atoms with Gasteiger partial charge in [0.1, 0.15) is 5.60 Å². The van der Waals surface area contributed by atoms with Crippen molar-refractivity contribution < 1.29 is 9.53 Å². The molecule has 1 aliphatic heterocycles. The van der Waals surface area contributed by atoms with Gasteiger partial charge in [-0.05, 0) is 51.3 Å². The zero-order chi connectivity index (χ0) is 17.0. The summed E-state index contributed by atoms with van der Waals surface area (Å²) < 4.78 is 5.44. The lowest BCUT2D eigenvalue weighted by Crippen LogP contribution is -2.49. The van der Waals surface area contributed by atoms with Gasteiger partial charge in [-0.3, -0.25) is 0 Å². The van der Waals surface area contributed by atoms with Crippen molar-refractivity contribution >= 4 is 29.3 Å². The van der Waals surface area contributed by atoms with E-state index in [0.717, 1.165) is 24.9 Å². The van der Waals surface area contributed by atoms with Crippen LogP contribution in [0.2, 0.25) is 10.0 Å². The predicted octanol–water partition coefficient (Wildman–Crippen LogP) is 4.48. The molecule has 1 atom stereocenters. The van der Waals surface area contributed by atoms with Gasteiger partial charge in [0, 0.05) is 25.7 Å². The Morgan fingerprint density at radius 2 is 2.09 bits per heavy atom. The summed E-state index contributed by atoms with van der Waals surface area (Å²) in [6.07, 6.45) is 1.78. The normalized spacial score (nSPS) is 18.8. The van der Waals surface area contributed by atoms with Gasteiger partial charge >= 0.3 is 6.09 Å². The van der Waals surface area contributed by atoms with Gasteiger partial charge < -0.3 is 15.0 Å².